The molecule has 0 fully saturated rings. The Bertz CT molecular complexity index is 491. The highest BCUT2D eigenvalue weighted by Crippen LogP contribution is 2.21. The number of anilines is 1. The molecule has 0 bridgehead atoms. The third-order valence-electron chi connectivity index (χ3n) is 2.17. The van der Waals surface area contributed by atoms with E-state index in [9.17, 15) is 22.8 Å². The summed E-state index contributed by atoms with van der Waals surface area (Å²) in [7, 11) is 0. The zero-order valence-electron chi connectivity index (χ0n) is 10.2. The van der Waals surface area contributed by atoms with Crippen molar-refractivity contribution in [3.63, 3.8) is 0 Å². The highest BCUT2D eigenvalue weighted by molar-refractivity contribution is 6.67. The monoisotopic (exact) mass is 309 g/mol. The minimum atomic E-state index is -4.27. The maximum atomic E-state index is 11.8. The third-order valence-corrected chi connectivity index (χ3v) is 2.39. The normalized spacial score (nSPS) is 11.0. The Labute approximate surface area is 117 Å². The van der Waals surface area contributed by atoms with Gasteiger partial charge in [-0.3, -0.25) is 10.1 Å². The molecule has 4 nitrogen and oxygen atoms in total. The molecule has 110 valence electrons. The summed E-state index contributed by atoms with van der Waals surface area (Å²) >= 11 is 5.27. The number of hydrogen-bond donors (Lipinski definition) is 1. The number of carbonyl (C=O) groups is 2. The molecule has 1 aromatic rings. The van der Waals surface area contributed by atoms with Crippen LogP contribution in [0.1, 0.15) is 23.2 Å². The molecule has 20 heavy (non-hydrogen) atoms. The Morgan fingerprint density at radius 2 is 2.00 bits per heavy atom. The fourth-order valence-electron chi connectivity index (χ4n) is 1.31. The predicted octanol–water partition coefficient (Wildman–Crippen LogP) is 3.96. The number of alkyl halides is 3. The second-order valence-corrected chi connectivity index (χ2v) is 4.18. The molecule has 0 heterocycles. The van der Waals surface area contributed by atoms with Gasteiger partial charge in [0, 0.05) is 17.7 Å². The predicted molar refractivity (Wildman–Crippen MR) is 66.9 cm³/mol. The van der Waals surface area contributed by atoms with E-state index in [0.717, 1.165) is 0 Å². The first kappa shape index (κ1) is 16.3. The third kappa shape index (κ3) is 6.42. The molecule has 1 N–H and O–H groups in total. The molecule has 0 spiro atoms. The van der Waals surface area contributed by atoms with Crippen molar-refractivity contribution in [2.24, 2.45) is 0 Å². The van der Waals surface area contributed by atoms with Gasteiger partial charge in [-0.1, -0.05) is 6.07 Å². The van der Waals surface area contributed by atoms with Crippen LogP contribution >= 0.6 is 11.6 Å². The molecule has 0 saturated heterocycles. The lowest BCUT2D eigenvalue weighted by molar-refractivity contribution is -0.136. The Kier molecular flexibility index (Phi) is 5.82. The van der Waals surface area contributed by atoms with Crippen molar-refractivity contribution in [1.29, 1.82) is 0 Å². The number of hydrogen-bond acceptors (Lipinski definition) is 3. The van der Waals surface area contributed by atoms with E-state index in [1.165, 1.54) is 24.3 Å². The molecule has 0 atom stereocenters. The maximum Gasteiger partial charge on any atom is 0.411 e. The van der Waals surface area contributed by atoms with Crippen molar-refractivity contribution >= 4 is 28.6 Å². The Morgan fingerprint density at radius 1 is 1.30 bits per heavy atom. The molecule has 0 aliphatic heterocycles. The lowest BCUT2D eigenvalue weighted by Gasteiger charge is -2.08. The summed E-state index contributed by atoms with van der Waals surface area (Å²) in [6.07, 6.45) is -6.49. The smallest absolute Gasteiger partial charge is 0.411 e. The van der Waals surface area contributed by atoms with Gasteiger partial charge in [-0.25, -0.2) is 4.79 Å². The van der Waals surface area contributed by atoms with Crippen LogP contribution in [0.5, 0.6) is 0 Å². The van der Waals surface area contributed by atoms with Crippen LogP contribution in [-0.2, 0) is 4.74 Å². The number of nitrogens with one attached hydrogen (secondary N) is 1. The number of halogens is 4. The molecule has 1 amide bonds. The zero-order valence-corrected chi connectivity index (χ0v) is 10.9. The lowest BCUT2D eigenvalue weighted by Crippen LogP contribution is -2.16. The van der Waals surface area contributed by atoms with Gasteiger partial charge in [-0.05, 0) is 36.2 Å². The van der Waals surface area contributed by atoms with Crippen molar-refractivity contribution in [2.75, 3.05) is 11.9 Å². The molecule has 0 aromatic heterocycles. The van der Waals surface area contributed by atoms with E-state index < -0.39 is 23.9 Å². The molecular weight excluding hydrogens is 299 g/mol. The lowest BCUT2D eigenvalue weighted by atomic mass is 10.2. The summed E-state index contributed by atoms with van der Waals surface area (Å²) in [4.78, 5) is 22.2. The average molecular weight is 310 g/mol. The van der Waals surface area contributed by atoms with E-state index >= 15 is 0 Å². The van der Waals surface area contributed by atoms with E-state index in [4.69, 9.17) is 11.6 Å². The van der Waals surface area contributed by atoms with Crippen LogP contribution in [-0.4, -0.2) is 24.1 Å². The van der Waals surface area contributed by atoms with Crippen LogP contribution in [0.25, 0.3) is 0 Å². The van der Waals surface area contributed by atoms with Crippen LogP contribution < -0.4 is 5.32 Å². The number of benzene rings is 1. The summed E-state index contributed by atoms with van der Waals surface area (Å²) < 4.78 is 40.1. The fourth-order valence-corrected chi connectivity index (χ4v) is 1.43. The Hall–Kier alpha value is -1.76. The van der Waals surface area contributed by atoms with Crippen LogP contribution in [0.2, 0.25) is 0 Å². The molecule has 0 radical (unpaired) electrons. The van der Waals surface area contributed by atoms with E-state index in [-0.39, 0.29) is 24.3 Å². The summed E-state index contributed by atoms with van der Waals surface area (Å²) in [5.41, 5.74) is 0.443. The molecule has 1 rings (SSSR count). The van der Waals surface area contributed by atoms with Gasteiger partial charge in [0.05, 0.1) is 6.61 Å². The van der Waals surface area contributed by atoms with Crippen molar-refractivity contribution in [1.82, 2.24) is 0 Å². The molecule has 0 unspecified atom stereocenters. The summed E-state index contributed by atoms with van der Waals surface area (Å²) in [5, 5.41) is 1.59. The minimum absolute atomic E-state index is 0.182. The standard InChI is InChI=1S/C12H11ClF3NO3/c13-10(18)8-3-1-4-9(7-8)17-11(19)20-6-2-5-12(14,15)16/h1,3-4,7H,2,5-6H2,(H,17,19). The second-order valence-electron chi connectivity index (χ2n) is 3.83. The Balaban J connectivity index is 2.39. The van der Waals surface area contributed by atoms with Crippen LogP contribution in [0.15, 0.2) is 24.3 Å². The van der Waals surface area contributed by atoms with E-state index in [2.05, 4.69) is 10.1 Å². The van der Waals surface area contributed by atoms with E-state index in [1.54, 1.807) is 0 Å². The molecular formula is C12H11ClF3NO3. The largest absolute Gasteiger partial charge is 0.449 e. The molecule has 0 aliphatic rings. The van der Waals surface area contributed by atoms with Gasteiger partial charge in [0.2, 0.25) is 0 Å². The molecule has 1 aromatic carbocycles. The first-order valence-corrected chi connectivity index (χ1v) is 5.96. The molecule has 0 saturated carbocycles. The minimum Gasteiger partial charge on any atom is -0.449 e. The summed E-state index contributed by atoms with van der Waals surface area (Å²) in [6, 6.07) is 5.76. The quantitative estimate of drug-likeness (QED) is 0.661. The number of carbonyl (C=O) groups excluding carboxylic acids is 2. The van der Waals surface area contributed by atoms with Crippen molar-refractivity contribution in [2.45, 2.75) is 19.0 Å². The van der Waals surface area contributed by atoms with Crippen molar-refractivity contribution in [3.8, 4) is 0 Å². The zero-order chi connectivity index (χ0) is 15.2. The fraction of sp³-hybridized carbons (Fsp3) is 0.333. The summed E-state index contributed by atoms with van der Waals surface area (Å²) in [5.74, 6) is 0. The van der Waals surface area contributed by atoms with E-state index in [1.807, 2.05) is 0 Å². The number of rotatable bonds is 5. The SMILES string of the molecule is O=C(Nc1cccc(C(=O)Cl)c1)OCCCC(F)(F)F. The topological polar surface area (TPSA) is 55.4 Å². The van der Waals surface area contributed by atoms with Crippen molar-refractivity contribution < 1.29 is 27.5 Å². The molecule has 0 aliphatic carbocycles. The van der Waals surface area contributed by atoms with Gasteiger partial charge in [0.25, 0.3) is 5.24 Å². The first-order chi connectivity index (χ1) is 9.28. The van der Waals surface area contributed by atoms with Gasteiger partial charge in [0.1, 0.15) is 0 Å². The summed E-state index contributed by atoms with van der Waals surface area (Å²) in [6.45, 7) is -0.348. The number of amides is 1. The highest BCUT2D eigenvalue weighted by atomic mass is 35.5. The molecule has 8 heteroatoms. The maximum absolute atomic E-state index is 11.8. The highest BCUT2D eigenvalue weighted by Gasteiger charge is 2.26. The van der Waals surface area contributed by atoms with Gasteiger partial charge >= 0.3 is 12.3 Å². The second kappa shape index (κ2) is 7.14. The van der Waals surface area contributed by atoms with Gasteiger partial charge < -0.3 is 4.74 Å². The van der Waals surface area contributed by atoms with E-state index in [0.29, 0.717) is 0 Å². The van der Waals surface area contributed by atoms with Crippen LogP contribution in [0.4, 0.5) is 23.7 Å². The van der Waals surface area contributed by atoms with Crippen molar-refractivity contribution in [3.05, 3.63) is 29.8 Å². The average Bonchev–Trinajstić information content (AvgIpc) is 2.34. The van der Waals surface area contributed by atoms with Gasteiger partial charge in [0.15, 0.2) is 0 Å². The van der Waals surface area contributed by atoms with Crippen LogP contribution in [0, 0.1) is 0 Å². The van der Waals surface area contributed by atoms with Crippen LogP contribution in [0.3, 0.4) is 0 Å². The van der Waals surface area contributed by atoms with Gasteiger partial charge in [-0.2, -0.15) is 13.2 Å². The van der Waals surface area contributed by atoms with Gasteiger partial charge in [-0.15, -0.1) is 0 Å². The Morgan fingerprint density at radius 3 is 2.60 bits per heavy atom. The first-order valence-electron chi connectivity index (χ1n) is 5.58. The number of ether oxygens (including phenoxy) is 1.